The number of anilines is 1. The summed E-state index contributed by atoms with van der Waals surface area (Å²) in [7, 11) is 0. The molecule has 0 amide bonds. The van der Waals surface area contributed by atoms with E-state index in [1.54, 1.807) is 0 Å². The fraction of sp³-hybridized carbons (Fsp3) is 0.533. The van der Waals surface area contributed by atoms with Gasteiger partial charge in [-0.2, -0.15) is 0 Å². The van der Waals surface area contributed by atoms with Crippen LogP contribution in [-0.2, 0) is 9.53 Å². The normalized spacial score (nSPS) is 12.2. The molecule has 1 rings (SSSR count). The lowest BCUT2D eigenvalue weighted by Crippen LogP contribution is -2.38. The van der Waals surface area contributed by atoms with Crippen molar-refractivity contribution in [2.75, 3.05) is 11.9 Å². The fourth-order valence-corrected chi connectivity index (χ4v) is 2.08. The second-order valence-corrected chi connectivity index (χ2v) is 4.32. The highest BCUT2D eigenvalue weighted by Crippen LogP contribution is 2.19. The van der Waals surface area contributed by atoms with Crippen molar-refractivity contribution in [2.45, 2.75) is 39.7 Å². The van der Waals surface area contributed by atoms with Crippen molar-refractivity contribution in [1.29, 1.82) is 0 Å². The minimum atomic E-state index is -0.262. The summed E-state index contributed by atoms with van der Waals surface area (Å²) in [5.41, 5.74) is 0.961. The van der Waals surface area contributed by atoms with Crippen LogP contribution >= 0.6 is 0 Å². The maximum absolute atomic E-state index is 12.0. The van der Waals surface area contributed by atoms with Gasteiger partial charge in [0.1, 0.15) is 6.04 Å². The van der Waals surface area contributed by atoms with Crippen molar-refractivity contribution in [3.8, 4) is 0 Å². The molecule has 0 saturated carbocycles. The zero-order valence-corrected chi connectivity index (χ0v) is 11.5. The van der Waals surface area contributed by atoms with Gasteiger partial charge in [-0.1, -0.05) is 44.9 Å². The molecular weight excluding hydrogens is 226 g/mol. The number of esters is 1. The molecule has 0 bridgehead atoms. The standard InChI is InChI=1S/C15H23NO2/c1-4-12(5-2)14(15(17)18-6-3)16-13-10-8-7-9-11-13/h7-12,14,16H,4-6H2,1-3H3. The molecule has 1 unspecified atom stereocenters. The summed E-state index contributed by atoms with van der Waals surface area (Å²) < 4.78 is 5.16. The van der Waals surface area contributed by atoms with E-state index in [2.05, 4.69) is 19.2 Å². The van der Waals surface area contributed by atoms with Gasteiger partial charge >= 0.3 is 5.97 Å². The van der Waals surface area contributed by atoms with Gasteiger partial charge in [0.25, 0.3) is 0 Å². The number of hydrogen-bond donors (Lipinski definition) is 1. The lowest BCUT2D eigenvalue weighted by atomic mass is 9.94. The Kier molecular flexibility index (Phi) is 6.26. The van der Waals surface area contributed by atoms with Gasteiger partial charge < -0.3 is 10.1 Å². The largest absolute Gasteiger partial charge is 0.464 e. The van der Waals surface area contributed by atoms with Crippen LogP contribution in [0.5, 0.6) is 0 Å². The van der Waals surface area contributed by atoms with E-state index in [-0.39, 0.29) is 12.0 Å². The van der Waals surface area contributed by atoms with Gasteiger partial charge in [-0.25, -0.2) is 4.79 Å². The van der Waals surface area contributed by atoms with Crippen LogP contribution in [0.2, 0.25) is 0 Å². The molecule has 1 aromatic carbocycles. The molecule has 1 aromatic rings. The lowest BCUT2D eigenvalue weighted by Gasteiger charge is -2.25. The van der Waals surface area contributed by atoms with Crippen molar-refractivity contribution in [1.82, 2.24) is 0 Å². The van der Waals surface area contributed by atoms with E-state index in [9.17, 15) is 4.79 Å². The minimum absolute atomic E-state index is 0.157. The van der Waals surface area contributed by atoms with Crippen LogP contribution in [0.1, 0.15) is 33.6 Å². The molecular formula is C15H23NO2. The maximum atomic E-state index is 12.0. The average molecular weight is 249 g/mol. The van der Waals surface area contributed by atoms with E-state index in [1.807, 2.05) is 37.3 Å². The third-order valence-corrected chi connectivity index (χ3v) is 3.16. The van der Waals surface area contributed by atoms with Crippen molar-refractivity contribution in [3.63, 3.8) is 0 Å². The topological polar surface area (TPSA) is 38.3 Å². The first kappa shape index (κ1) is 14.6. The Morgan fingerprint density at radius 1 is 1.17 bits per heavy atom. The van der Waals surface area contributed by atoms with Crippen LogP contribution in [0, 0.1) is 5.92 Å². The lowest BCUT2D eigenvalue weighted by molar-refractivity contribution is -0.145. The summed E-state index contributed by atoms with van der Waals surface area (Å²) in [5.74, 6) is 0.138. The highest BCUT2D eigenvalue weighted by atomic mass is 16.5. The van der Waals surface area contributed by atoms with Crippen molar-refractivity contribution in [3.05, 3.63) is 30.3 Å². The first-order valence-electron chi connectivity index (χ1n) is 6.71. The second-order valence-electron chi connectivity index (χ2n) is 4.32. The quantitative estimate of drug-likeness (QED) is 0.752. The Labute approximate surface area is 110 Å². The predicted molar refractivity (Wildman–Crippen MR) is 74.6 cm³/mol. The van der Waals surface area contributed by atoms with Gasteiger partial charge in [-0.15, -0.1) is 0 Å². The van der Waals surface area contributed by atoms with E-state index in [0.29, 0.717) is 12.5 Å². The number of nitrogens with one attached hydrogen (secondary N) is 1. The van der Waals surface area contributed by atoms with Crippen molar-refractivity contribution >= 4 is 11.7 Å². The van der Waals surface area contributed by atoms with E-state index in [1.165, 1.54) is 0 Å². The second kappa shape index (κ2) is 7.75. The zero-order valence-electron chi connectivity index (χ0n) is 11.5. The first-order valence-corrected chi connectivity index (χ1v) is 6.71. The molecule has 0 aliphatic carbocycles. The summed E-state index contributed by atoms with van der Waals surface area (Å²) in [6.07, 6.45) is 1.92. The third kappa shape index (κ3) is 4.06. The molecule has 18 heavy (non-hydrogen) atoms. The Hall–Kier alpha value is -1.51. The molecule has 0 aliphatic heterocycles. The molecule has 0 heterocycles. The number of carbonyl (C=O) groups is 1. The number of hydrogen-bond acceptors (Lipinski definition) is 3. The molecule has 0 fully saturated rings. The van der Waals surface area contributed by atoms with Crippen LogP contribution in [-0.4, -0.2) is 18.6 Å². The molecule has 0 spiro atoms. The molecule has 0 aromatic heterocycles. The van der Waals surface area contributed by atoms with E-state index in [4.69, 9.17) is 4.74 Å². The van der Waals surface area contributed by atoms with Gasteiger partial charge in [0, 0.05) is 5.69 Å². The molecule has 0 aliphatic rings. The summed E-state index contributed by atoms with van der Waals surface area (Å²) in [6.45, 7) is 6.47. The van der Waals surface area contributed by atoms with E-state index < -0.39 is 0 Å². The van der Waals surface area contributed by atoms with Gasteiger partial charge in [-0.05, 0) is 25.0 Å². The monoisotopic (exact) mass is 249 g/mol. The van der Waals surface area contributed by atoms with Gasteiger partial charge in [0.05, 0.1) is 6.61 Å². The Bertz CT molecular complexity index is 347. The van der Waals surface area contributed by atoms with E-state index >= 15 is 0 Å². The summed E-state index contributed by atoms with van der Waals surface area (Å²) >= 11 is 0. The van der Waals surface area contributed by atoms with Crippen LogP contribution in [0.4, 0.5) is 5.69 Å². The first-order chi connectivity index (χ1) is 8.72. The number of carbonyl (C=O) groups excluding carboxylic acids is 1. The van der Waals surface area contributed by atoms with Crippen molar-refractivity contribution < 1.29 is 9.53 Å². The molecule has 0 saturated heterocycles. The fourth-order valence-electron chi connectivity index (χ4n) is 2.08. The maximum Gasteiger partial charge on any atom is 0.328 e. The third-order valence-electron chi connectivity index (χ3n) is 3.16. The molecule has 100 valence electrons. The van der Waals surface area contributed by atoms with Crippen LogP contribution in [0.3, 0.4) is 0 Å². The minimum Gasteiger partial charge on any atom is -0.464 e. The Morgan fingerprint density at radius 3 is 2.28 bits per heavy atom. The molecule has 0 radical (unpaired) electrons. The van der Waals surface area contributed by atoms with Crippen molar-refractivity contribution in [2.24, 2.45) is 5.92 Å². The molecule has 1 atom stereocenters. The Morgan fingerprint density at radius 2 is 1.78 bits per heavy atom. The summed E-state index contributed by atoms with van der Waals surface area (Å²) in [4.78, 5) is 12.0. The highest BCUT2D eigenvalue weighted by molar-refractivity contribution is 5.79. The SMILES string of the molecule is CCOC(=O)C(Nc1ccccc1)C(CC)CC. The summed E-state index contributed by atoms with van der Waals surface area (Å²) in [5, 5.41) is 3.29. The number of ether oxygens (including phenoxy) is 1. The highest BCUT2D eigenvalue weighted by Gasteiger charge is 2.26. The van der Waals surface area contributed by atoms with E-state index in [0.717, 1.165) is 18.5 Å². The molecule has 1 N–H and O–H groups in total. The van der Waals surface area contributed by atoms with Gasteiger partial charge in [0.15, 0.2) is 0 Å². The van der Waals surface area contributed by atoms with Gasteiger partial charge in [-0.3, -0.25) is 0 Å². The molecule has 3 heteroatoms. The molecule has 3 nitrogen and oxygen atoms in total. The smallest absolute Gasteiger partial charge is 0.328 e. The average Bonchev–Trinajstić information content (AvgIpc) is 2.40. The number of para-hydroxylation sites is 1. The van der Waals surface area contributed by atoms with Crippen LogP contribution in [0.15, 0.2) is 30.3 Å². The number of benzene rings is 1. The van der Waals surface area contributed by atoms with Crippen LogP contribution < -0.4 is 5.32 Å². The predicted octanol–water partition coefficient (Wildman–Crippen LogP) is 3.47. The van der Waals surface area contributed by atoms with Crippen LogP contribution in [0.25, 0.3) is 0 Å². The van der Waals surface area contributed by atoms with Gasteiger partial charge in [0.2, 0.25) is 0 Å². The number of rotatable bonds is 7. The Balaban J connectivity index is 2.80. The zero-order chi connectivity index (χ0) is 13.4. The summed E-state index contributed by atoms with van der Waals surface area (Å²) in [6, 6.07) is 9.54.